The van der Waals surface area contributed by atoms with Crippen molar-refractivity contribution in [2.75, 3.05) is 0 Å². The maximum atomic E-state index is 13.5. The van der Waals surface area contributed by atoms with E-state index in [-0.39, 0.29) is 6.42 Å². The zero-order valence-electron chi connectivity index (χ0n) is 10.8. The fourth-order valence-corrected chi connectivity index (χ4v) is 1.41. The van der Waals surface area contributed by atoms with E-state index in [1.54, 1.807) is 0 Å². The molecular weight excluding hydrogens is 271 g/mol. The summed E-state index contributed by atoms with van der Waals surface area (Å²) in [5.74, 6) is -3.26. The van der Waals surface area contributed by atoms with Crippen molar-refractivity contribution in [3.8, 4) is 0 Å². The molecule has 1 unspecified atom stereocenters. The van der Waals surface area contributed by atoms with E-state index in [0.29, 0.717) is 0 Å². The predicted molar refractivity (Wildman–Crippen MR) is 66.9 cm³/mol. The summed E-state index contributed by atoms with van der Waals surface area (Å²) in [6.07, 6.45) is 0.0740. The number of nitro benzene ring substituents is 1. The number of carboxylic acid groups (broad SMARTS) is 1. The monoisotopic (exact) mass is 284 g/mol. The van der Waals surface area contributed by atoms with Gasteiger partial charge in [0.1, 0.15) is 11.4 Å². The van der Waals surface area contributed by atoms with E-state index in [2.05, 4.69) is 5.32 Å². The molecule has 2 N–H and O–H groups in total. The number of carbonyl (C=O) groups is 2. The Bertz CT molecular complexity index is 575. The predicted octanol–water partition coefficient (Wildman–Crippen LogP) is 1.72. The molecule has 108 valence electrons. The van der Waals surface area contributed by atoms with Crippen LogP contribution in [0.1, 0.15) is 30.6 Å². The van der Waals surface area contributed by atoms with Crippen LogP contribution < -0.4 is 5.32 Å². The van der Waals surface area contributed by atoms with Gasteiger partial charge in [0.05, 0.1) is 10.5 Å². The van der Waals surface area contributed by atoms with Gasteiger partial charge >= 0.3 is 5.97 Å². The number of nitrogens with one attached hydrogen (secondary N) is 1. The zero-order valence-corrected chi connectivity index (χ0v) is 10.8. The molecule has 1 aromatic rings. The van der Waals surface area contributed by atoms with Gasteiger partial charge in [-0.1, -0.05) is 6.92 Å². The molecule has 8 heteroatoms. The summed E-state index contributed by atoms with van der Waals surface area (Å²) in [7, 11) is 0. The van der Waals surface area contributed by atoms with Gasteiger partial charge in [0.15, 0.2) is 0 Å². The molecule has 1 amide bonds. The number of hydrogen-bond acceptors (Lipinski definition) is 4. The second kappa shape index (κ2) is 5.64. The number of benzene rings is 1. The summed E-state index contributed by atoms with van der Waals surface area (Å²) < 4.78 is 13.5. The van der Waals surface area contributed by atoms with Gasteiger partial charge in [-0.05, 0) is 19.4 Å². The molecule has 1 rings (SSSR count). The van der Waals surface area contributed by atoms with Gasteiger partial charge in [0.2, 0.25) is 0 Å². The highest BCUT2D eigenvalue weighted by molar-refractivity contribution is 5.98. The molecule has 0 saturated heterocycles. The smallest absolute Gasteiger partial charge is 0.329 e. The molecule has 7 nitrogen and oxygen atoms in total. The normalized spacial score (nSPS) is 13.3. The van der Waals surface area contributed by atoms with E-state index in [0.717, 1.165) is 18.2 Å². The third-order valence-electron chi connectivity index (χ3n) is 2.97. The van der Waals surface area contributed by atoms with Crippen molar-refractivity contribution >= 4 is 17.6 Å². The van der Waals surface area contributed by atoms with Gasteiger partial charge in [0, 0.05) is 12.1 Å². The highest BCUT2D eigenvalue weighted by Crippen LogP contribution is 2.18. The summed E-state index contributed by atoms with van der Waals surface area (Å²) >= 11 is 0. The van der Waals surface area contributed by atoms with Gasteiger partial charge in [-0.3, -0.25) is 14.9 Å². The van der Waals surface area contributed by atoms with Gasteiger partial charge in [-0.25, -0.2) is 9.18 Å². The van der Waals surface area contributed by atoms with Crippen LogP contribution in [0.15, 0.2) is 18.2 Å². The minimum Gasteiger partial charge on any atom is -0.480 e. The van der Waals surface area contributed by atoms with E-state index in [4.69, 9.17) is 5.11 Å². The standard InChI is InChI=1S/C12H13FN2O5/c1-3-12(2,11(17)18)14-10(16)8-6-7(15(19)20)4-5-9(8)13/h4-6H,3H2,1-2H3,(H,14,16)(H,17,18). The molecular formula is C12H13FN2O5. The Morgan fingerprint density at radius 1 is 1.50 bits per heavy atom. The number of aliphatic carboxylic acids is 1. The molecule has 0 saturated carbocycles. The van der Waals surface area contributed by atoms with Crippen LogP contribution in [0.25, 0.3) is 0 Å². The Hall–Kier alpha value is -2.51. The molecule has 0 aliphatic rings. The van der Waals surface area contributed by atoms with Crippen molar-refractivity contribution in [2.45, 2.75) is 25.8 Å². The highest BCUT2D eigenvalue weighted by atomic mass is 19.1. The van der Waals surface area contributed by atoms with Crippen LogP contribution in [0.3, 0.4) is 0 Å². The fraction of sp³-hybridized carbons (Fsp3) is 0.333. The van der Waals surface area contributed by atoms with Crippen molar-refractivity contribution < 1.29 is 24.0 Å². The first kappa shape index (κ1) is 15.5. The Kier molecular flexibility index (Phi) is 4.38. The van der Waals surface area contributed by atoms with Crippen molar-refractivity contribution in [1.82, 2.24) is 5.32 Å². The Morgan fingerprint density at radius 3 is 2.55 bits per heavy atom. The van der Waals surface area contributed by atoms with E-state index >= 15 is 0 Å². The molecule has 0 aromatic heterocycles. The second-order valence-corrected chi connectivity index (χ2v) is 4.37. The third-order valence-corrected chi connectivity index (χ3v) is 2.97. The van der Waals surface area contributed by atoms with Crippen LogP contribution in [-0.4, -0.2) is 27.4 Å². The van der Waals surface area contributed by atoms with Crippen LogP contribution in [0.2, 0.25) is 0 Å². The molecule has 0 aliphatic heterocycles. The first-order valence-electron chi connectivity index (χ1n) is 5.71. The zero-order chi connectivity index (χ0) is 15.5. The summed E-state index contributed by atoms with van der Waals surface area (Å²) in [5.41, 5.74) is -2.60. The number of nitrogens with zero attached hydrogens (tertiary/aromatic N) is 1. The number of hydrogen-bond donors (Lipinski definition) is 2. The number of nitro groups is 1. The Labute approximate surface area is 113 Å². The lowest BCUT2D eigenvalue weighted by molar-refractivity contribution is -0.384. The fourth-order valence-electron chi connectivity index (χ4n) is 1.41. The average molecular weight is 284 g/mol. The van der Waals surface area contributed by atoms with Crippen LogP contribution >= 0.6 is 0 Å². The molecule has 0 radical (unpaired) electrons. The summed E-state index contributed by atoms with van der Waals surface area (Å²) in [6, 6.07) is 2.47. The minimum atomic E-state index is -1.58. The number of amides is 1. The van der Waals surface area contributed by atoms with Crippen LogP contribution in [0.5, 0.6) is 0 Å². The van der Waals surface area contributed by atoms with Gasteiger partial charge in [0.25, 0.3) is 11.6 Å². The summed E-state index contributed by atoms with van der Waals surface area (Å²) in [5, 5.41) is 21.8. The quantitative estimate of drug-likeness (QED) is 0.632. The average Bonchev–Trinajstić information content (AvgIpc) is 2.38. The third kappa shape index (κ3) is 3.08. The number of non-ortho nitro benzene ring substituents is 1. The molecule has 0 spiro atoms. The van der Waals surface area contributed by atoms with Gasteiger partial charge in [-0.2, -0.15) is 0 Å². The van der Waals surface area contributed by atoms with E-state index in [1.165, 1.54) is 13.8 Å². The Balaban J connectivity index is 3.12. The van der Waals surface area contributed by atoms with Crippen LogP contribution in [0.4, 0.5) is 10.1 Å². The number of carbonyl (C=O) groups excluding carboxylic acids is 1. The lowest BCUT2D eigenvalue weighted by Gasteiger charge is -2.24. The number of rotatable bonds is 5. The SMILES string of the molecule is CCC(C)(NC(=O)c1cc([N+](=O)[O-])ccc1F)C(=O)O. The molecule has 0 bridgehead atoms. The van der Waals surface area contributed by atoms with E-state index in [9.17, 15) is 24.1 Å². The van der Waals surface area contributed by atoms with Crippen LogP contribution in [-0.2, 0) is 4.79 Å². The molecule has 1 atom stereocenters. The maximum absolute atomic E-state index is 13.5. The number of carboxylic acids is 1. The molecule has 0 fully saturated rings. The highest BCUT2D eigenvalue weighted by Gasteiger charge is 2.34. The lowest BCUT2D eigenvalue weighted by atomic mass is 9.98. The molecule has 0 aliphatic carbocycles. The largest absolute Gasteiger partial charge is 0.480 e. The second-order valence-electron chi connectivity index (χ2n) is 4.37. The molecule has 0 heterocycles. The maximum Gasteiger partial charge on any atom is 0.329 e. The summed E-state index contributed by atoms with van der Waals surface area (Å²) in [6.45, 7) is 2.81. The summed E-state index contributed by atoms with van der Waals surface area (Å²) in [4.78, 5) is 32.8. The topological polar surface area (TPSA) is 110 Å². The van der Waals surface area contributed by atoms with Crippen molar-refractivity contribution in [3.05, 3.63) is 39.7 Å². The lowest BCUT2D eigenvalue weighted by Crippen LogP contribution is -2.51. The van der Waals surface area contributed by atoms with Gasteiger partial charge < -0.3 is 10.4 Å². The molecule has 1 aromatic carbocycles. The number of halogens is 1. The van der Waals surface area contributed by atoms with Crippen molar-refractivity contribution in [2.24, 2.45) is 0 Å². The van der Waals surface area contributed by atoms with Crippen LogP contribution in [0, 0.1) is 15.9 Å². The molecule has 20 heavy (non-hydrogen) atoms. The first-order chi connectivity index (χ1) is 9.21. The Morgan fingerprint density at radius 2 is 2.10 bits per heavy atom. The van der Waals surface area contributed by atoms with Gasteiger partial charge in [-0.15, -0.1) is 0 Å². The minimum absolute atomic E-state index is 0.0740. The first-order valence-corrected chi connectivity index (χ1v) is 5.71. The van der Waals surface area contributed by atoms with E-state index in [1.807, 2.05) is 0 Å². The van der Waals surface area contributed by atoms with Crippen molar-refractivity contribution in [3.63, 3.8) is 0 Å². The van der Waals surface area contributed by atoms with E-state index < -0.39 is 39.4 Å². The van der Waals surface area contributed by atoms with Crippen molar-refractivity contribution in [1.29, 1.82) is 0 Å².